The van der Waals surface area contributed by atoms with Gasteiger partial charge in [-0.2, -0.15) is 0 Å². The van der Waals surface area contributed by atoms with Crippen molar-refractivity contribution in [2.45, 2.75) is 0 Å². The predicted molar refractivity (Wildman–Crippen MR) is 77.9 cm³/mol. The number of nitrogens with zero attached hydrogens (tertiary/aromatic N) is 1. The largest absolute Gasteiger partial charge is 0.496 e. The molecule has 0 radical (unpaired) electrons. The van der Waals surface area contributed by atoms with E-state index >= 15 is 0 Å². The molecule has 0 saturated heterocycles. The van der Waals surface area contributed by atoms with Gasteiger partial charge in [-0.05, 0) is 34.1 Å². The first-order valence-corrected chi connectivity index (χ1v) is 6.54. The molecule has 6 heteroatoms. The highest BCUT2D eigenvalue weighted by atomic mass is 79.9. The lowest BCUT2D eigenvalue weighted by atomic mass is 10.2. The zero-order valence-electron chi connectivity index (χ0n) is 9.98. The van der Waals surface area contributed by atoms with Crippen molar-refractivity contribution in [1.82, 2.24) is 4.98 Å². The standard InChI is InChI=1S/C13H10BrClN2O2/c1-19-11-5-3-2-4-9(11)13(18)17-10-6-8(14)7-16-12(10)15/h2-7H,1H3,(H,17,18). The van der Waals surface area contributed by atoms with Crippen molar-refractivity contribution in [3.63, 3.8) is 0 Å². The van der Waals surface area contributed by atoms with E-state index in [4.69, 9.17) is 16.3 Å². The minimum atomic E-state index is -0.306. The summed E-state index contributed by atoms with van der Waals surface area (Å²) in [5, 5.41) is 2.93. The van der Waals surface area contributed by atoms with E-state index in [1.54, 1.807) is 36.5 Å². The van der Waals surface area contributed by atoms with Crippen LogP contribution in [0.5, 0.6) is 5.75 Å². The summed E-state index contributed by atoms with van der Waals surface area (Å²) in [5.74, 6) is 0.193. The van der Waals surface area contributed by atoms with Gasteiger partial charge in [0, 0.05) is 10.7 Å². The zero-order valence-corrected chi connectivity index (χ0v) is 12.3. The highest BCUT2D eigenvalue weighted by Gasteiger charge is 2.13. The highest BCUT2D eigenvalue weighted by molar-refractivity contribution is 9.10. The molecule has 0 atom stereocenters. The molecule has 1 heterocycles. The molecule has 19 heavy (non-hydrogen) atoms. The van der Waals surface area contributed by atoms with Crippen molar-refractivity contribution in [3.8, 4) is 5.75 Å². The second-order valence-corrected chi connectivity index (χ2v) is 4.92. The number of amides is 1. The molecule has 0 aliphatic rings. The number of carbonyl (C=O) groups excluding carboxylic acids is 1. The highest BCUT2D eigenvalue weighted by Crippen LogP contribution is 2.25. The van der Waals surface area contributed by atoms with Gasteiger partial charge in [-0.25, -0.2) is 4.98 Å². The van der Waals surface area contributed by atoms with E-state index in [-0.39, 0.29) is 11.1 Å². The Balaban J connectivity index is 2.28. The normalized spacial score (nSPS) is 10.1. The second kappa shape index (κ2) is 6.04. The Hall–Kier alpha value is -1.59. The molecular formula is C13H10BrClN2O2. The SMILES string of the molecule is COc1ccccc1C(=O)Nc1cc(Br)cnc1Cl. The van der Waals surface area contributed by atoms with E-state index in [0.29, 0.717) is 17.0 Å². The van der Waals surface area contributed by atoms with Gasteiger partial charge in [0.2, 0.25) is 0 Å². The minimum Gasteiger partial charge on any atom is -0.496 e. The van der Waals surface area contributed by atoms with E-state index in [2.05, 4.69) is 26.2 Å². The topological polar surface area (TPSA) is 51.2 Å². The Bertz CT molecular complexity index is 619. The molecule has 0 aliphatic carbocycles. The fourth-order valence-corrected chi connectivity index (χ4v) is 2.01. The van der Waals surface area contributed by atoms with E-state index in [0.717, 1.165) is 4.47 Å². The number of halogens is 2. The van der Waals surface area contributed by atoms with Crippen LogP contribution in [0, 0.1) is 0 Å². The number of hydrogen-bond acceptors (Lipinski definition) is 3. The molecule has 1 N–H and O–H groups in total. The fourth-order valence-electron chi connectivity index (χ4n) is 1.53. The molecule has 4 nitrogen and oxygen atoms in total. The summed E-state index contributed by atoms with van der Waals surface area (Å²) in [6.07, 6.45) is 1.56. The maximum atomic E-state index is 12.2. The van der Waals surface area contributed by atoms with E-state index < -0.39 is 0 Å². The average molecular weight is 342 g/mol. The van der Waals surface area contributed by atoms with Gasteiger partial charge in [0.05, 0.1) is 18.4 Å². The molecule has 0 saturated carbocycles. The Kier molecular flexibility index (Phi) is 4.39. The first kappa shape index (κ1) is 13.8. The van der Waals surface area contributed by atoms with Crippen LogP contribution in [0.3, 0.4) is 0 Å². The van der Waals surface area contributed by atoms with Crippen LogP contribution in [0.4, 0.5) is 5.69 Å². The Morgan fingerprint density at radius 2 is 2.16 bits per heavy atom. The second-order valence-electron chi connectivity index (χ2n) is 3.65. The molecule has 2 rings (SSSR count). The van der Waals surface area contributed by atoms with Gasteiger partial charge in [-0.1, -0.05) is 23.7 Å². The quantitative estimate of drug-likeness (QED) is 0.865. The van der Waals surface area contributed by atoms with Gasteiger partial charge in [-0.15, -0.1) is 0 Å². The van der Waals surface area contributed by atoms with E-state index in [1.807, 2.05) is 0 Å². The summed E-state index contributed by atoms with van der Waals surface area (Å²) in [6.45, 7) is 0. The van der Waals surface area contributed by atoms with Gasteiger partial charge in [0.1, 0.15) is 5.75 Å². The van der Waals surface area contributed by atoms with Crippen LogP contribution in [0.2, 0.25) is 5.15 Å². The Labute approximate surface area is 123 Å². The number of ether oxygens (including phenoxy) is 1. The van der Waals surface area contributed by atoms with Crippen molar-refractivity contribution >= 4 is 39.1 Å². The van der Waals surface area contributed by atoms with Gasteiger partial charge < -0.3 is 10.1 Å². The Morgan fingerprint density at radius 3 is 2.89 bits per heavy atom. The number of aromatic nitrogens is 1. The maximum absolute atomic E-state index is 12.2. The molecule has 1 aromatic carbocycles. The summed E-state index contributed by atoms with van der Waals surface area (Å²) in [6, 6.07) is 8.63. The lowest BCUT2D eigenvalue weighted by molar-refractivity contribution is 0.102. The third-order valence-corrected chi connectivity index (χ3v) is 3.14. The molecule has 0 unspecified atom stereocenters. The van der Waals surface area contributed by atoms with E-state index in [1.165, 1.54) is 7.11 Å². The molecule has 1 amide bonds. The molecule has 1 aromatic heterocycles. The number of methoxy groups -OCH3 is 1. The third kappa shape index (κ3) is 3.24. The number of anilines is 1. The van der Waals surface area contributed by atoms with Crippen LogP contribution in [0.25, 0.3) is 0 Å². The predicted octanol–water partition coefficient (Wildman–Crippen LogP) is 3.76. The number of para-hydroxylation sites is 1. The molecule has 2 aromatic rings. The first-order valence-electron chi connectivity index (χ1n) is 5.37. The van der Waals surface area contributed by atoms with Crippen LogP contribution >= 0.6 is 27.5 Å². The smallest absolute Gasteiger partial charge is 0.259 e. The van der Waals surface area contributed by atoms with Gasteiger partial charge in [0.15, 0.2) is 5.15 Å². The summed E-state index contributed by atoms with van der Waals surface area (Å²) in [4.78, 5) is 16.1. The number of hydrogen-bond donors (Lipinski definition) is 1. The first-order chi connectivity index (χ1) is 9.11. The van der Waals surface area contributed by atoms with Crippen molar-refractivity contribution in [3.05, 3.63) is 51.7 Å². The van der Waals surface area contributed by atoms with Gasteiger partial charge in [-0.3, -0.25) is 4.79 Å². The number of benzene rings is 1. The number of pyridine rings is 1. The summed E-state index contributed by atoms with van der Waals surface area (Å²) < 4.78 is 5.87. The molecule has 0 spiro atoms. The number of rotatable bonds is 3. The molecule has 0 fully saturated rings. The number of nitrogens with one attached hydrogen (secondary N) is 1. The lowest BCUT2D eigenvalue weighted by Crippen LogP contribution is -2.13. The monoisotopic (exact) mass is 340 g/mol. The van der Waals surface area contributed by atoms with Crippen molar-refractivity contribution in [2.75, 3.05) is 12.4 Å². The van der Waals surface area contributed by atoms with Crippen molar-refractivity contribution < 1.29 is 9.53 Å². The van der Waals surface area contributed by atoms with E-state index in [9.17, 15) is 4.79 Å². The molecule has 0 bridgehead atoms. The van der Waals surface area contributed by atoms with Crippen LogP contribution in [0.1, 0.15) is 10.4 Å². The maximum Gasteiger partial charge on any atom is 0.259 e. The van der Waals surface area contributed by atoms with Crippen LogP contribution < -0.4 is 10.1 Å². The van der Waals surface area contributed by atoms with Gasteiger partial charge in [0.25, 0.3) is 5.91 Å². The Morgan fingerprint density at radius 1 is 1.42 bits per heavy atom. The van der Waals surface area contributed by atoms with Crippen LogP contribution in [-0.4, -0.2) is 18.0 Å². The third-order valence-electron chi connectivity index (χ3n) is 2.41. The fraction of sp³-hybridized carbons (Fsp3) is 0.0769. The van der Waals surface area contributed by atoms with Crippen LogP contribution in [0.15, 0.2) is 41.0 Å². The lowest BCUT2D eigenvalue weighted by Gasteiger charge is -2.10. The number of carbonyl (C=O) groups is 1. The molecule has 98 valence electrons. The average Bonchev–Trinajstić information content (AvgIpc) is 2.42. The summed E-state index contributed by atoms with van der Waals surface area (Å²) >= 11 is 9.20. The zero-order chi connectivity index (χ0) is 13.8. The van der Waals surface area contributed by atoms with Gasteiger partial charge >= 0.3 is 0 Å². The van der Waals surface area contributed by atoms with Crippen molar-refractivity contribution in [2.24, 2.45) is 0 Å². The molecule has 0 aliphatic heterocycles. The van der Waals surface area contributed by atoms with Crippen LogP contribution in [-0.2, 0) is 0 Å². The summed E-state index contributed by atoms with van der Waals surface area (Å²) in [5.41, 5.74) is 0.869. The van der Waals surface area contributed by atoms with Crippen molar-refractivity contribution in [1.29, 1.82) is 0 Å². The minimum absolute atomic E-state index is 0.228. The summed E-state index contributed by atoms with van der Waals surface area (Å²) in [7, 11) is 1.51. The molecular weight excluding hydrogens is 332 g/mol.